The molecule has 1 heterocycles. The van der Waals surface area contributed by atoms with Crippen molar-refractivity contribution in [2.75, 3.05) is 6.54 Å². The number of benzene rings is 3. The van der Waals surface area contributed by atoms with Crippen molar-refractivity contribution in [3.05, 3.63) is 104 Å². The largest absolute Gasteiger partial charge is 0.391 e. The molecular weight excluding hydrogens is 551 g/mol. The van der Waals surface area contributed by atoms with Crippen LogP contribution in [-0.2, 0) is 11.2 Å². The Morgan fingerprint density at radius 2 is 1.71 bits per heavy atom. The van der Waals surface area contributed by atoms with Gasteiger partial charge in [-0.25, -0.2) is 0 Å². The first-order valence-electron chi connectivity index (χ1n) is 11.4. The van der Waals surface area contributed by atoms with Crippen molar-refractivity contribution in [2.45, 2.75) is 37.5 Å². The van der Waals surface area contributed by atoms with Gasteiger partial charge in [-0.2, -0.15) is 0 Å². The lowest BCUT2D eigenvalue weighted by Crippen LogP contribution is -2.47. The molecule has 1 aliphatic rings. The fraction of sp³-hybridized carbons (Fsp3) is 0.259. The Kier molecular flexibility index (Phi) is 8.50. The van der Waals surface area contributed by atoms with Crippen LogP contribution >= 0.6 is 39.1 Å². The summed E-state index contributed by atoms with van der Waals surface area (Å²) in [4.78, 5) is 28.2. The number of halogens is 3. The molecule has 1 saturated heterocycles. The Labute approximate surface area is 223 Å². The van der Waals surface area contributed by atoms with E-state index >= 15 is 0 Å². The zero-order valence-corrected chi connectivity index (χ0v) is 21.9. The van der Waals surface area contributed by atoms with Gasteiger partial charge in [0.2, 0.25) is 5.91 Å². The Balaban J connectivity index is 1.54. The summed E-state index contributed by atoms with van der Waals surface area (Å²) in [6.07, 6.45) is 0.833. The molecule has 0 unspecified atom stereocenters. The molecule has 5 nitrogen and oxygen atoms in total. The lowest BCUT2D eigenvalue weighted by Gasteiger charge is -2.27. The monoisotopic (exact) mass is 574 g/mol. The average molecular weight is 576 g/mol. The maximum Gasteiger partial charge on any atom is 0.255 e. The molecule has 3 atom stereocenters. The van der Waals surface area contributed by atoms with Gasteiger partial charge < -0.3 is 15.3 Å². The molecule has 0 aromatic heterocycles. The number of nitrogens with one attached hydrogen (secondary N) is 1. The van der Waals surface area contributed by atoms with Crippen molar-refractivity contribution in [1.82, 2.24) is 10.2 Å². The number of aliphatic hydroxyl groups is 1. The van der Waals surface area contributed by atoms with Gasteiger partial charge in [0.1, 0.15) is 6.04 Å². The van der Waals surface area contributed by atoms with Gasteiger partial charge in [0.25, 0.3) is 5.91 Å². The van der Waals surface area contributed by atoms with Gasteiger partial charge in [-0.3, -0.25) is 9.59 Å². The minimum absolute atomic E-state index is 0.0849. The summed E-state index contributed by atoms with van der Waals surface area (Å²) in [5.41, 5.74) is 2.48. The fourth-order valence-corrected chi connectivity index (χ4v) is 5.32. The summed E-state index contributed by atoms with van der Waals surface area (Å²) < 4.78 is 0.539. The van der Waals surface area contributed by atoms with Crippen molar-refractivity contribution in [3.63, 3.8) is 0 Å². The van der Waals surface area contributed by atoms with E-state index < -0.39 is 12.1 Å². The number of hydrogen-bond acceptors (Lipinski definition) is 3. The van der Waals surface area contributed by atoms with E-state index in [9.17, 15) is 14.7 Å². The molecule has 0 spiro atoms. The highest BCUT2D eigenvalue weighted by molar-refractivity contribution is 9.10. The lowest BCUT2D eigenvalue weighted by molar-refractivity contribution is -0.125. The number of carbonyl (C=O) groups is 2. The molecule has 2 amide bonds. The van der Waals surface area contributed by atoms with E-state index in [1.54, 1.807) is 30.3 Å². The molecule has 3 aromatic rings. The molecule has 1 aliphatic heterocycles. The van der Waals surface area contributed by atoms with Gasteiger partial charge in [0.15, 0.2) is 0 Å². The molecule has 3 aromatic carbocycles. The SMILES string of the molecule is O=C(N[C@@H](CCc1ccccc1)c1ccc(Cl)cc1)[C@@H]1C[C@@H](O)CN1C(=O)c1ccc(Cl)cc1Br. The summed E-state index contributed by atoms with van der Waals surface area (Å²) in [5.74, 6) is -0.634. The Morgan fingerprint density at radius 1 is 1.03 bits per heavy atom. The van der Waals surface area contributed by atoms with E-state index in [1.165, 1.54) is 10.5 Å². The minimum Gasteiger partial charge on any atom is -0.391 e. The van der Waals surface area contributed by atoms with Crippen LogP contribution in [-0.4, -0.2) is 40.5 Å². The first kappa shape index (κ1) is 25.7. The van der Waals surface area contributed by atoms with Gasteiger partial charge in [-0.05, 0) is 70.2 Å². The first-order chi connectivity index (χ1) is 16.8. The number of amides is 2. The van der Waals surface area contributed by atoms with E-state index in [-0.39, 0.29) is 30.8 Å². The van der Waals surface area contributed by atoms with Crippen LogP contribution in [0.3, 0.4) is 0 Å². The molecule has 0 aliphatic carbocycles. The van der Waals surface area contributed by atoms with E-state index in [2.05, 4.69) is 33.4 Å². The number of nitrogens with zero attached hydrogens (tertiary/aromatic N) is 1. The fourth-order valence-electron chi connectivity index (χ4n) is 4.35. The zero-order chi connectivity index (χ0) is 24.9. The predicted octanol–water partition coefficient (Wildman–Crippen LogP) is 5.82. The molecule has 2 N–H and O–H groups in total. The summed E-state index contributed by atoms with van der Waals surface area (Å²) in [5, 5.41) is 14.6. The quantitative estimate of drug-likeness (QED) is 0.373. The van der Waals surface area contributed by atoms with Crippen LogP contribution in [0.15, 0.2) is 77.3 Å². The van der Waals surface area contributed by atoms with Crippen LogP contribution in [0.2, 0.25) is 10.0 Å². The van der Waals surface area contributed by atoms with Crippen LogP contribution in [0.5, 0.6) is 0 Å². The van der Waals surface area contributed by atoms with E-state index in [1.807, 2.05) is 30.3 Å². The molecule has 182 valence electrons. The van der Waals surface area contributed by atoms with Crippen molar-refractivity contribution in [2.24, 2.45) is 0 Å². The Bertz CT molecular complexity index is 1190. The van der Waals surface area contributed by atoms with Gasteiger partial charge in [-0.1, -0.05) is 65.7 Å². The molecule has 0 bridgehead atoms. The van der Waals surface area contributed by atoms with Crippen LogP contribution in [0.1, 0.15) is 40.4 Å². The number of hydrogen-bond donors (Lipinski definition) is 2. The predicted molar refractivity (Wildman–Crippen MR) is 142 cm³/mol. The topological polar surface area (TPSA) is 69.6 Å². The number of likely N-dealkylation sites (tertiary alicyclic amines) is 1. The second kappa shape index (κ2) is 11.6. The molecule has 0 radical (unpaired) electrons. The van der Waals surface area contributed by atoms with Crippen LogP contribution in [0.4, 0.5) is 0 Å². The number of aryl methyl sites for hydroxylation is 1. The van der Waals surface area contributed by atoms with Gasteiger partial charge in [0, 0.05) is 27.5 Å². The molecule has 35 heavy (non-hydrogen) atoms. The first-order valence-corrected chi connectivity index (χ1v) is 12.9. The Hall–Kier alpha value is -2.38. The highest BCUT2D eigenvalue weighted by atomic mass is 79.9. The van der Waals surface area contributed by atoms with Crippen molar-refractivity contribution >= 4 is 50.9 Å². The summed E-state index contributed by atoms with van der Waals surface area (Å²) in [7, 11) is 0. The number of carbonyl (C=O) groups excluding carboxylic acids is 2. The third-order valence-electron chi connectivity index (χ3n) is 6.16. The van der Waals surface area contributed by atoms with Crippen molar-refractivity contribution in [1.29, 1.82) is 0 Å². The Morgan fingerprint density at radius 3 is 2.40 bits per heavy atom. The summed E-state index contributed by atoms with van der Waals surface area (Å²) in [6.45, 7) is 0.0849. The third-order valence-corrected chi connectivity index (χ3v) is 7.30. The molecule has 8 heteroatoms. The van der Waals surface area contributed by atoms with Crippen LogP contribution in [0.25, 0.3) is 0 Å². The van der Waals surface area contributed by atoms with E-state index in [0.717, 1.165) is 12.0 Å². The maximum absolute atomic E-state index is 13.5. The molecule has 0 saturated carbocycles. The van der Waals surface area contributed by atoms with Gasteiger partial charge in [-0.15, -0.1) is 0 Å². The third kappa shape index (κ3) is 6.44. The van der Waals surface area contributed by atoms with E-state index in [0.29, 0.717) is 26.5 Å². The second-order valence-corrected chi connectivity index (χ2v) is 10.4. The highest BCUT2D eigenvalue weighted by Gasteiger charge is 2.40. The summed E-state index contributed by atoms with van der Waals surface area (Å²) >= 11 is 15.5. The van der Waals surface area contributed by atoms with Crippen LogP contribution < -0.4 is 5.32 Å². The average Bonchev–Trinajstić information content (AvgIpc) is 3.24. The highest BCUT2D eigenvalue weighted by Crippen LogP contribution is 2.28. The van der Waals surface area contributed by atoms with Gasteiger partial charge >= 0.3 is 0 Å². The molecule has 4 rings (SSSR count). The molecule has 1 fully saturated rings. The normalized spacial score (nSPS) is 18.3. The maximum atomic E-state index is 13.5. The smallest absolute Gasteiger partial charge is 0.255 e. The van der Waals surface area contributed by atoms with Crippen molar-refractivity contribution < 1.29 is 14.7 Å². The van der Waals surface area contributed by atoms with Crippen LogP contribution in [0, 0.1) is 0 Å². The lowest BCUT2D eigenvalue weighted by atomic mass is 9.98. The van der Waals surface area contributed by atoms with Gasteiger partial charge in [0.05, 0.1) is 17.7 Å². The molecular formula is C27H25BrCl2N2O3. The number of β-amino-alcohol motifs (C(OH)–C–C–N with tert-alkyl or cyclic N) is 1. The van der Waals surface area contributed by atoms with E-state index in [4.69, 9.17) is 23.2 Å². The standard InChI is InChI=1S/C27H25BrCl2N2O3/c28-23-14-20(30)11-12-22(23)27(35)32-16-21(33)15-25(32)26(34)31-24(18-7-9-19(29)10-8-18)13-6-17-4-2-1-3-5-17/h1-5,7-12,14,21,24-25,33H,6,13,15-16H2,(H,31,34)/t21-,24+,25+/m1/s1. The summed E-state index contributed by atoms with van der Waals surface area (Å²) in [6, 6.07) is 21.3. The number of rotatable bonds is 7. The minimum atomic E-state index is -0.786. The van der Waals surface area contributed by atoms with Crippen molar-refractivity contribution in [3.8, 4) is 0 Å². The second-order valence-electron chi connectivity index (χ2n) is 8.62. The zero-order valence-electron chi connectivity index (χ0n) is 18.8. The number of aliphatic hydroxyl groups excluding tert-OH is 1.